The molecule has 1 aliphatic carbocycles. The second kappa shape index (κ2) is 6.02. The Bertz CT molecular complexity index is 506. The molecule has 0 saturated heterocycles. The maximum Gasteiger partial charge on any atom is 0.316 e. The standard InChI is InChI=1S/C13H20N4O3/c1-8-15-16-10(17(8)2)7-14-12(18)11(13(19)20)9-5-3-4-6-9/h9,11H,3-7H2,1-2H3,(H,14,18)(H,19,20). The zero-order valence-corrected chi connectivity index (χ0v) is 11.8. The summed E-state index contributed by atoms with van der Waals surface area (Å²) in [7, 11) is 1.81. The Labute approximate surface area is 117 Å². The van der Waals surface area contributed by atoms with Crippen molar-refractivity contribution in [2.45, 2.75) is 39.2 Å². The summed E-state index contributed by atoms with van der Waals surface area (Å²) < 4.78 is 1.77. The first kappa shape index (κ1) is 14.5. The predicted octanol–water partition coefficient (Wildman–Crippen LogP) is 0.631. The topological polar surface area (TPSA) is 97.1 Å². The molecule has 110 valence electrons. The minimum atomic E-state index is -1.04. The van der Waals surface area contributed by atoms with Gasteiger partial charge in [0.15, 0.2) is 5.82 Å². The van der Waals surface area contributed by atoms with Crippen molar-refractivity contribution in [3.8, 4) is 0 Å². The largest absolute Gasteiger partial charge is 0.481 e. The van der Waals surface area contributed by atoms with Crippen LogP contribution in [0.2, 0.25) is 0 Å². The Hall–Kier alpha value is -1.92. The van der Waals surface area contributed by atoms with Gasteiger partial charge in [0.05, 0.1) is 6.54 Å². The van der Waals surface area contributed by atoms with Crippen LogP contribution in [0.1, 0.15) is 37.3 Å². The van der Waals surface area contributed by atoms with Crippen molar-refractivity contribution in [3.05, 3.63) is 11.6 Å². The van der Waals surface area contributed by atoms with Gasteiger partial charge in [-0.3, -0.25) is 9.59 Å². The van der Waals surface area contributed by atoms with Crippen LogP contribution >= 0.6 is 0 Å². The summed E-state index contributed by atoms with van der Waals surface area (Å²) in [6.45, 7) is 2.02. The van der Waals surface area contributed by atoms with Crippen LogP contribution < -0.4 is 5.32 Å². The highest BCUT2D eigenvalue weighted by Gasteiger charge is 2.36. The molecule has 7 nitrogen and oxygen atoms in total. The van der Waals surface area contributed by atoms with Crippen molar-refractivity contribution in [1.82, 2.24) is 20.1 Å². The summed E-state index contributed by atoms with van der Waals surface area (Å²) >= 11 is 0. The Morgan fingerprint density at radius 2 is 2.05 bits per heavy atom. The summed E-state index contributed by atoms with van der Waals surface area (Å²) in [6, 6.07) is 0. The number of aryl methyl sites for hydroxylation is 1. The van der Waals surface area contributed by atoms with E-state index in [2.05, 4.69) is 15.5 Å². The van der Waals surface area contributed by atoms with Crippen LogP contribution in [0.3, 0.4) is 0 Å². The van der Waals surface area contributed by atoms with Crippen LogP contribution in [0.15, 0.2) is 0 Å². The van der Waals surface area contributed by atoms with Crippen LogP contribution in [-0.2, 0) is 23.2 Å². The highest BCUT2D eigenvalue weighted by atomic mass is 16.4. The molecule has 0 aliphatic heterocycles. The molecule has 2 rings (SSSR count). The van der Waals surface area contributed by atoms with Gasteiger partial charge < -0.3 is 15.0 Å². The number of carbonyl (C=O) groups is 2. The van der Waals surface area contributed by atoms with E-state index in [9.17, 15) is 14.7 Å². The van der Waals surface area contributed by atoms with E-state index in [1.54, 1.807) is 4.57 Å². The number of amides is 1. The quantitative estimate of drug-likeness (QED) is 0.771. The molecule has 0 radical (unpaired) electrons. The van der Waals surface area contributed by atoms with Crippen LogP contribution in [0.25, 0.3) is 0 Å². The summed E-state index contributed by atoms with van der Waals surface area (Å²) in [5.41, 5.74) is 0. The van der Waals surface area contributed by atoms with E-state index in [1.807, 2.05) is 14.0 Å². The fraction of sp³-hybridized carbons (Fsp3) is 0.692. The molecule has 1 saturated carbocycles. The number of carboxylic acid groups (broad SMARTS) is 1. The first-order chi connectivity index (χ1) is 9.50. The third-order valence-electron chi connectivity index (χ3n) is 4.02. The van der Waals surface area contributed by atoms with Crippen molar-refractivity contribution in [2.75, 3.05) is 0 Å². The number of aromatic nitrogens is 3. The van der Waals surface area contributed by atoms with Gasteiger partial charge in [0.2, 0.25) is 5.91 Å². The van der Waals surface area contributed by atoms with Gasteiger partial charge in [-0.15, -0.1) is 10.2 Å². The van der Waals surface area contributed by atoms with Gasteiger partial charge in [-0.1, -0.05) is 12.8 Å². The minimum Gasteiger partial charge on any atom is -0.481 e. The first-order valence-corrected chi connectivity index (χ1v) is 6.86. The van der Waals surface area contributed by atoms with E-state index in [0.29, 0.717) is 5.82 Å². The maximum absolute atomic E-state index is 12.1. The lowest BCUT2D eigenvalue weighted by atomic mass is 9.90. The summed E-state index contributed by atoms with van der Waals surface area (Å²) in [4.78, 5) is 23.4. The van der Waals surface area contributed by atoms with Crippen molar-refractivity contribution in [2.24, 2.45) is 18.9 Å². The normalized spacial score (nSPS) is 17.1. The lowest BCUT2D eigenvalue weighted by Crippen LogP contribution is -2.39. The number of carboxylic acids is 1. The third-order valence-corrected chi connectivity index (χ3v) is 4.02. The van der Waals surface area contributed by atoms with Crippen LogP contribution in [0, 0.1) is 18.8 Å². The molecular formula is C13H20N4O3. The van der Waals surface area contributed by atoms with Gasteiger partial charge >= 0.3 is 5.97 Å². The number of aliphatic carboxylic acids is 1. The highest BCUT2D eigenvalue weighted by Crippen LogP contribution is 2.31. The molecule has 1 amide bonds. The van der Waals surface area contributed by atoms with Gasteiger partial charge in [-0.25, -0.2) is 0 Å². The smallest absolute Gasteiger partial charge is 0.316 e. The van der Waals surface area contributed by atoms with Crippen molar-refractivity contribution >= 4 is 11.9 Å². The summed E-state index contributed by atoms with van der Waals surface area (Å²) in [6.07, 6.45) is 3.63. The van der Waals surface area contributed by atoms with E-state index in [-0.39, 0.29) is 12.5 Å². The summed E-state index contributed by atoms with van der Waals surface area (Å²) in [5, 5.41) is 19.8. The van der Waals surface area contributed by atoms with Gasteiger partial charge in [-0.05, 0) is 25.7 Å². The van der Waals surface area contributed by atoms with Crippen molar-refractivity contribution in [1.29, 1.82) is 0 Å². The molecule has 1 aliphatic rings. The molecule has 1 heterocycles. The molecule has 2 N–H and O–H groups in total. The van der Waals surface area contributed by atoms with Gasteiger partial charge in [0.1, 0.15) is 11.7 Å². The zero-order valence-electron chi connectivity index (χ0n) is 11.8. The van der Waals surface area contributed by atoms with Crippen LogP contribution in [0.5, 0.6) is 0 Å². The lowest BCUT2D eigenvalue weighted by molar-refractivity contribution is -0.149. The average molecular weight is 280 g/mol. The Morgan fingerprint density at radius 3 is 2.55 bits per heavy atom. The second-order valence-corrected chi connectivity index (χ2v) is 5.30. The molecule has 7 heteroatoms. The highest BCUT2D eigenvalue weighted by molar-refractivity contribution is 5.97. The number of rotatable bonds is 5. The van der Waals surface area contributed by atoms with Crippen LogP contribution in [-0.4, -0.2) is 31.7 Å². The van der Waals surface area contributed by atoms with E-state index >= 15 is 0 Å². The van der Waals surface area contributed by atoms with Crippen molar-refractivity contribution < 1.29 is 14.7 Å². The molecule has 1 atom stereocenters. The van der Waals surface area contributed by atoms with Gasteiger partial charge in [0, 0.05) is 7.05 Å². The maximum atomic E-state index is 12.1. The summed E-state index contributed by atoms with van der Waals surface area (Å²) in [5.74, 6) is -1.10. The molecule has 1 fully saturated rings. The van der Waals surface area contributed by atoms with Gasteiger partial charge in [0.25, 0.3) is 0 Å². The lowest BCUT2D eigenvalue weighted by Gasteiger charge is -2.18. The fourth-order valence-corrected chi connectivity index (χ4v) is 2.70. The van der Waals surface area contributed by atoms with Crippen molar-refractivity contribution in [3.63, 3.8) is 0 Å². The molecule has 1 aromatic heterocycles. The SMILES string of the molecule is Cc1nnc(CNC(=O)C(C(=O)O)C2CCCC2)n1C. The molecule has 0 aromatic carbocycles. The minimum absolute atomic E-state index is 0.0475. The van der Waals surface area contributed by atoms with E-state index in [4.69, 9.17) is 0 Å². The van der Waals surface area contributed by atoms with E-state index < -0.39 is 17.8 Å². The molecule has 20 heavy (non-hydrogen) atoms. The number of carbonyl (C=O) groups excluding carboxylic acids is 1. The van der Waals surface area contributed by atoms with E-state index in [1.165, 1.54) is 0 Å². The Balaban J connectivity index is 1.98. The molecule has 1 aromatic rings. The second-order valence-electron chi connectivity index (χ2n) is 5.30. The van der Waals surface area contributed by atoms with E-state index in [0.717, 1.165) is 31.5 Å². The van der Waals surface area contributed by atoms with Gasteiger partial charge in [-0.2, -0.15) is 0 Å². The predicted molar refractivity (Wildman–Crippen MR) is 70.7 cm³/mol. The zero-order chi connectivity index (χ0) is 14.7. The molecule has 1 unspecified atom stereocenters. The molecule has 0 spiro atoms. The fourth-order valence-electron chi connectivity index (χ4n) is 2.70. The first-order valence-electron chi connectivity index (χ1n) is 6.86. The number of nitrogens with one attached hydrogen (secondary N) is 1. The van der Waals surface area contributed by atoms with Crippen LogP contribution in [0.4, 0.5) is 0 Å². The molecular weight excluding hydrogens is 260 g/mol. The number of hydrogen-bond donors (Lipinski definition) is 2. The number of hydrogen-bond acceptors (Lipinski definition) is 4. The Morgan fingerprint density at radius 1 is 1.40 bits per heavy atom. The Kier molecular flexibility index (Phi) is 4.36. The number of nitrogens with zero attached hydrogens (tertiary/aromatic N) is 3. The third kappa shape index (κ3) is 2.97. The average Bonchev–Trinajstić information content (AvgIpc) is 3.00. The molecule has 0 bridgehead atoms. The monoisotopic (exact) mass is 280 g/mol.